The van der Waals surface area contributed by atoms with Crippen LogP contribution in [-0.4, -0.2) is 17.1 Å². The van der Waals surface area contributed by atoms with Gasteiger partial charge in [0, 0.05) is 17.5 Å². The fourth-order valence-electron chi connectivity index (χ4n) is 3.78. The maximum absolute atomic E-state index is 14.3. The highest BCUT2D eigenvalue weighted by Crippen LogP contribution is 2.65. The summed E-state index contributed by atoms with van der Waals surface area (Å²) in [5.41, 5.74) is -3.10. The molecule has 1 saturated carbocycles. The predicted octanol–water partition coefficient (Wildman–Crippen LogP) is 6.43. The van der Waals surface area contributed by atoms with E-state index in [1.807, 2.05) is 6.07 Å². The van der Waals surface area contributed by atoms with Crippen molar-refractivity contribution in [3.05, 3.63) is 78.1 Å². The molecule has 1 fully saturated rings. The van der Waals surface area contributed by atoms with E-state index >= 15 is 0 Å². The van der Waals surface area contributed by atoms with Crippen molar-refractivity contribution in [3.63, 3.8) is 0 Å². The number of carbonyl (C=O) groups is 1. The number of aromatic nitrogens is 1. The van der Waals surface area contributed by atoms with Gasteiger partial charge in [0.05, 0.1) is 5.56 Å². The summed E-state index contributed by atoms with van der Waals surface area (Å²) in [5, 5.41) is 0. The van der Waals surface area contributed by atoms with E-state index in [1.54, 1.807) is 57.2 Å². The number of nitrogens with zero attached hydrogens (tertiary/aromatic N) is 1. The van der Waals surface area contributed by atoms with Crippen LogP contribution in [0.5, 0.6) is 23.3 Å². The number of alkyl halides is 3. The lowest BCUT2D eigenvalue weighted by atomic mass is 9.99. The number of benzene rings is 2. The molecular weight excluding hydrogens is 454 g/mol. The van der Waals surface area contributed by atoms with Crippen LogP contribution in [0.4, 0.5) is 17.6 Å². The number of hydrogen-bond donors (Lipinski definition) is 0. The standard InChI is InChI=1S/C25H21F4NO4/c1-23(2)21(33-18-13-12-15(14-17(18)26)25(27,28)29)24(23,3)22(31)34-20-11-7-10-19(30-20)32-16-8-5-4-6-9-16/h4-14,21H,1-3H3. The summed E-state index contributed by atoms with van der Waals surface area (Å²) in [7, 11) is 0. The average Bonchev–Trinajstić information content (AvgIpc) is 3.21. The summed E-state index contributed by atoms with van der Waals surface area (Å²) in [6.45, 7) is 5.04. The molecule has 9 heteroatoms. The van der Waals surface area contributed by atoms with Crippen LogP contribution >= 0.6 is 0 Å². The number of para-hydroxylation sites is 1. The van der Waals surface area contributed by atoms with E-state index in [2.05, 4.69) is 4.98 Å². The first kappa shape index (κ1) is 23.5. The van der Waals surface area contributed by atoms with Crippen molar-refractivity contribution in [3.8, 4) is 23.3 Å². The van der Waals surface area contributed by atoms with Gasteiger partial charge in [0.2, 0.25) is 11.8 Å². The van der Waals surface area contributed by atoms with Gasteiger partial charge in [-0.15, -0.1) is 0 Å². The summed E-state index contributed by atoms with van der Waals surface area (Å²) in [4.78, 5) is 17.2. The summed E-state index contributed by atoms with van der Waals surface area (Å²) >= 11 is 0. The molecule has 34 heavy (non-hydrogen) atoms. The molecule has 0 aliphatic heterocycles. The van der Waals surface area contributed by atoms with Gasteiger partial charge >= 0.3 is 12.1 Å². The third-order valence-corrected chi connectivity index (χ3v) is 6.22. The zero-order chi connectivity index (χ0) is 24.7. The van der Waals surface area contributed by atoms with E-state index < -0.39 is 40.5 Å². The minimum absolute atomic E-state index is 0.00168. The van der Waals surface area contributed by atoms with E-state index in [9.17, 15) is 22.4 Å². The highest BCUT2D eigenvalue weighted by atomic mass is 19.4. The Kier molecular flexibility index (Phi) is 5.75. The monoisotopic (exact) mass is 475 g/mol. The highest BCUT2D eigenvalue weighted by molar-refractivity contribution is 5.84. The van der Waals surface area contributed by atoms with E-state index in [0.717, 1.165) is 12.1 Å². The molecule has 0 bridgehead atoms. The molecule has 3 aromatic rings. The van der Waals surface area contributed by atoms with Crippen LogP contribution in [0.15, 0.2) is 66.7 Å². The van der Waals surface area contributed by atoms with Crippen molar-refractivity contribution in [2.75, 3.05) is 0 Å². The molecule has 2 atom stereocenters. The van der Waals surface area contributed by atoms with E-state index in [4.69, 9.17) is 14.2 Å². The normalized spacial score (nSPS) is 21.0. The van der Waals surface area contributed by atoms with E-state index in [-0.39, 0.29) is 17.5 Å². The molecule has 1 aromatic heterocycles. The van der Waals surface area contributed by atoms with Gasteiger partial charge in [0.1, 0.15) is 17.3 Å². The molecule has 0 radical (unpaired) electrons. The number of rotatable bonds is 6. The molecule has 2 aromatic carbocycles. The lowest BCUT2D eigenvalue weighted by molar-refractivity contribution is -0.142. The second kappa shape index (κ2) is 8.30. The molecule has 5 nitrogen and oxygen atoms in total. The van der Waals surface area contributed by atoms with Gasteiger partial charge in [-0.25, -0.2) is 4.39 Å². The maximum Gasteiger partial charge on any atom is 0.416 e. The number of pyridine rings is 1. The number of halogens is 4. The van der Waals surface area contributed by atoms with Crippen molar-refractivity contribution in [2.24, 2.45) is 10.8 Å². The van der Waals surface area contributed by atoms with Gasteiger partial charge in [-0.3, -0.25) is 4.79 Å². The first-order valence-electron chi connectivity index (χ1n) is 10.4. The molecule has 4 rings (SSSR count). The van der Waals surface area contributed by atoms with Gasteiger partial charge in [0.25, 0.3) is 0 Å². The van der Waals surface area contributed by atoms with Gasteiger partial charge in [0.15, 0.2) is 11.6 Å². The zero-order valence-electron chi connectivity index (χ0n) is 18.5. The first-order valence-corrected chi connectivity index (χ1v) is 10.4. The number of ether oxygens (including phenoxy) is 3. The highest BCUT2D eigenvalue weighted by Gasteiger charge is 2.76. The van der Waals surface area contributed by atoms with E-state index in [0.29, 0.717) is 11.8 Å². The molecule has 0 N–H and O–H groups in total. The lowest BCUT2D eigenvalue weighted by Gasteiger charge is -2.14. The molecule has 0 saturated heterocycles. The van der Waals surface area contributed by atoms with Crippen molar-refractivity contribution in [1.82, 2.24) is 4.98 Å². The number of carbonyl (C=O) groups excluding carboxylic acids is 1. The largest absolute Gasteiger partial charge is 0.486 e. The van der Waals surface area contributed by atoms with E-state index in [1.165, 1.54) is 6.07 Å². The molecule has 2 unspecified atom stereocenters. The van der Waals surface area contributed by atoms with Crippen LogP contribution in [0, 0.1) is 16.6 Å². The van der Waals surface area contributed by atoms with Gasteiger partial charge in [-0.1, -0.05) is 38.1 Å². The maximum atomic E-state index is 14.3. The average molecular weight is 475 g/mol. The molecule has 1 aliphatic carbocycles. The van der Waals surface area contributed by atoms with Gasteiger partial charge < -0.3 is 14.2 Å². The Hall–Kier alpha value is -3.62. The van der Waals surface area contributed by atoms with Crippen molar-refractivity contribution in [1.29, 1.82) is 0 Å². The number of esters is 1. The third-order valence-electron chi connectivity index (χ3n) is 6.22. The van der Waals surface area contributed by atoms with Crippen molar-refractivity contribution >= 4 is 5.97 Å². The molecular formula is C25H21F4NO4. The summed E-state index contributed by atoms with van der Waals surface area (Å²) in [6, 6.07) is 15.6. The summed E-state index contributed by atoms with van der Waals surface area (Å²) in [6.07, 6.45) is -5.51. The quantitative estimate of drug-likeness (QED) is 0.304. The SMILES string of the molecule is CC1(C)C(Oc2ccc(C(F)(F)F)cc2F)C1(C)C(=O)Oc1cccc(Oc2ccccc2)n1. The molecule has 1 heterocycles. The van der Waals surface area contributed by atoms with Crippen molar-refractivity contribution in [2.45, 2.75) is 33.1 Å². The van der Waals surface area contributed by atoms with Crippen LogP contribution in [0.25, 0.3) is 0 Å². The number of hydrogen-bond acceptors (Lipinski definition) is 5. The zero-order valence-corrected chi connectivity index (χ0v) is 18.5. The Labute approximate surface area is 193 Å². The Bertz CT molecular complexity index is 1210. The Morgan fingerprint density at radius 1 is 0.941 bits per heavy atom. The molecule has 0 spiro atoms. The van der Waals surface area contributed by atoms with Crippen LogP contribution in [0.1, 0.15) is 26.3 Å². The van der Waals surface area contributed by atoms with Crippen LogP contribution in [-0.2, 0) is 11.0 Å². The van der Waals surface area contributed by atoms with Crippen LogP contribution in [0.2, 0.25) is 0 Å². The molecule has 0 amide bonds. The summed E-state index contributed by atoms with van der Waals surface area (Å²) < 4.78 is 69.4. The fraction of sp³-hybridized carbons (Fsp3) is 0.280. The Morgan fingerprint density at radius 2 is 1.62 bits per heavy atom. The second-order valence-electron chi connectivity index (χ2n) is 8.68. The second-order valence-corrected chi connectivity index (χ2v) is 8.68. The van der Waals surface area contributed by atoms with Crippen molar-refractivity contribution < 1.29 is 36.6 Å². The van der Waals surface area contributed by atoms with Gasteiger partial charge in [-0.2, -0.15) is 18.2 Å². The first-order chi connectivity index (χ1) is 15.9. The minimum Gasteiger partial charge on any atom is -0.486 e. The van der Waals surface area contributed by atoms with Crippen LogP contribution < -0.4 is 14.2 Å². The molecule has 178 valence electrons. The molecule has 1 aliphatic rings. The minimum atomic E-state index is -4.68. The van der Waals surface area contributed by atoms with Gasteiger partial charge in [-0.05, 0) is 37.3 Å². The smallest absolute Gasteiger partial charge is 0.416 e. The lowest BCUT2D eigenvalue weighted by Crippen LogP contribution is -2.26. The Morgan fingerprint density at radius 3 is 2.26 bits per heavy atom. The third kappa shape index (κ3) is 4.30. The topological polar surface area (TPSA) is 57.7 Å². The predicted molar refractivity (Wildman–Crippen MR) is 114 cm³/mol. The fourth-order valence-corrected chi connectivity index (χ4v) is 3.78. The van der Waals surface area contributed by atoms with Crippen LogP contribution in [0.3, 0.4) is 0 Å². The summed E-state index contributed by atoms with van der Waals surface area (Å²) in [5.74, 6) is -1.43. The Balaban J connectivity index is 1.48.